The molecule has 4 aromatic rings. The van der Waals surface area contributed by atoms with Gasteiger partial charge in [-0.05, 0) is 54.5 Å². The Kier molecular flexibility index (Phi) is 7.50. The van der Waals surface area contributed by atoms with Crippen LogP contribution in [0.4, 0.5) is 4.39 Å². The zero-order chi connectivity index (χ0) is 28.6. The smallest absolute Gasteiger partial charge is 0.266 e. The highest BCUT2D eigenvalue weighted by atomic mass is 32.2. The van der Waals surface area contributed by atoms with E-state index in [0.717, 1.165) is 16.8 Å². The highest BCUT2D eigenvalue weighted by Gasteiger charge is 2.42. The van der Waals surface area contributed by atoms with Crippen LogP contribution in [0.3, 0.4) is 0 Å². The minimum Gasteiger partial charge on any atom is -0.489 e. The van der Waals surface area contributed by atoms with E-state index >= 15 is 0 Å². The number of sulfone groups is 1. The highest BCUT2D eigenvalue weighted by molar-refractivity contribution is 8.26. The largest absolute Gasteiger partial charge is 0.489 e. The zero-order valence-corrected chi connectivity index (χ0v) is 24.1. The minimum atomic E-state index is -3.18. The molecule has 2 aliphatic rings. The number of hydrogen-bond acceptors (Lipinski definition) is 7. The summed E-state index contributed by atoms with van der Waals surface area (Å²) in [5, 5.41) is 4.85. The number of para-hydroxylation sites is 1. The Morgan fingerprint density at radius 1 is 1.07 bits per heavy atom. The fourth-order valence-corrected chi connectivity index (χ4v) is 7.92. The molecule has 7 nitrogen and oxygen atoms in total. The molecule has 208 valence electrons. The van der Waals surface area contributed by atoms with Crippen LogP contribution in [0.15, 0.2) is 90.0 Å². The van der Waals surface area contributed by atoms with E-state index in [9.17, 15) is 17.6 Å². The van der Waals surface area contributed by atoms with Gasteiger partial charge in [-0.15, -0.1) is 0 Å². The summed E-state index contributed by atoms with van der Waals surface area (Å²) in [7, 11) is -3.18. The number of aromatic nitrogens is 2. The van der Waals surface area contributed by atoms with Gasteiger partial charge in [-0.25, -0.2) is 17.5 Å². The highest BCUT2D eigenvalue weighted by Crippen LogP contribution is 2.38. The maximum Gasteiger partial charge on any atom is 0.266 e. The van der Waals surface area contributed by atoms with Crippen molar-refractivity contribution in [1.82, 2.24) is 14.7 Å². The van der Waals surface area contributed by atoms with Gasteiger partial charge < -0.3 is 4.74 Å². The van der Waals surface area contributed by atoms with Crippen LogP contribution < -0.4 is 4.74 Å². The van der Waals surface area contributed by atoms with Crippen molar-refractivity contribution in [2.24, 2.45) is 0 Å². The van der Waals surface area contributed by atoms with Crippen LogP contribution in [-0.4, -0.2) is 50.9 Å². The van der Waals surface area contributed by atoms with Crippen LogP contribution in [0.2, 0.25) is 0 Å². The Hall–Kier alpha value is -3.80. The van der Waals surface area contributed by atoms with Gasteiger partial charge in [0, 0.05) is 17.3 Å². The molecule has 3 aromatic carbocycles. The molecule has 2 fully saturated rings. The molecule has 0 bridgehead atoms. The third-order valence-corrected chi connectivity index (χ3v) is 9.95. The third-order valence-electron chi connectivity index (χ3n) is 6.87. The van der Waals surface area contributed by atoms with Crippen molar-refractivity contribution in [3.63, 3.8) is 0 Å². The van der Waals surface area contributed by atoms with Crippen LogP contribution in [0.1, 0.15) is 17.5 Å². The lowest BCUT2D eigenvalue weighted by atomic mass is 10.1. The van der Waals surface area contributed by atoms with Crippen molar-refractivity contribution >= 4 is 50.1 Å². The fourth-order valence-electron chi connectivity index (χ4n) is 4.83. The maximum atomic E-state index is 13.4. The molecule has 3 heterocycles. The van der Waals surface area contributed by atoms with E-state index in [-0.39, 0.29) is 29.8 Å². The third kappa shape index (κ3) is 5.97. The number of carbonyl (C=O) groups is 1. The summed E-state index contributed by atoms with van der Waals surface area (Å²) < 4.78 is 45.4. The molecule has 0 spiro atoms. The van der Waals surface area contributed by atoms with Crippen LogP contribution in [0, 0.1) is 5.82 Å². The average molecular weight is 606 g/mol. The van der Waals surface area contributed by atoms with Crippen LogP contribution >= 0.6 is 24.0 Å². The summed E-state index contributed by atoms with van der Waals surface area (Å²) in [6, 6.07) is 22.8. The van der Waals surface area contributed by atoms with Crippen LogP contribution in [0.5, 0.6) is 5.75 Å². The molecule has 1 atom stereocenters. The number of thiocarbonyl (C=S) groups is 1. The molecule has 41 heavy (non-hydrogen) atoms. The van der Waals surface area contributed by atoms with E-state index in [1.54, 1.807) is 22.9 Å². The first-order chi connectivity index (χ1) is 19.8. The SMILES string of the molecule is O=C1C(=Cc2cn(-c3ccccc3)nc2-c2cccc(OCc3ccc(F)cc3)c2)SC(=S)N1C1CCS(=O)(=O)C1. The van der Waals surface area contributed by atoms with Gasteiger partial charge in [0.15, 0.2) is 9.84 Å². The van der Waals surface area contributed by atoms with Gasteiger partial charge >= 0.3 is 0 Å². The van der Waals surface area contributed by atoms with Crippen LogP contribution in [-0.2, 0) is 21.2 Å². The van der Waals surface area contributed by atoms with E-state index < -0.39 is 15.9 Å². The molecule has 2 aliphatic heterocycles. The first kappa shape index (κ1) is 27.4. The summed E-state index contributed by atoms with van der Waals surface area (Å²) in [5.41, 5.74) is 3.79. The molecule has 1 amide bonds. The number of hydrogen-bond donors (Lipinski definition) is 0. The standard InChI is InChI=1S/C30H24FN3O4S3/c31-23-11-9-20(10-12-23)18-38-26-8-4-5-21(15-26)28-22(17-33(32-28)24-6-2-1-3-7-24)16-27-29(35)34(30(39)40-27)25-13-14-41(36,37)19-25/h1-12,15-17,25H,13-14,18-19H2. The van der Waals surface area contributed by atoms with Gasteiger partial charge in [-0.1, -0.05) is 66.4 Å². The Balaban J connectivity index is 1.33. The summed E-state index contributed by atoms with van der Waals surface area (Å²) in [4.78, 5) is 15.3. The number of rotatable bonds is 7. The Bertz CT molecular complexity index is 1770. The molecule has 2 saturated heterocycles. The molecule has 0 radical (unpaired) electrons. The van der Waals surface area contributed by atoms with Crippen molar-refractivity contribution in [2.75, 3.05) is 11.5 Å². The van der Waals surface area contributed by atoms with Crippen molar-refractivity contribution in [1.29, 1.82) is 0 Å². The lowest BCUT2D eigenvalue weighted by Gasteiger charge is -2.20. The zero-order valence-electron chi connectivity index (χ0n) is 21.6. The van der Waals surface area contributed by atoms with E-state index in [1.807, 2.05) is 60.8 Å². The number of benzene rings is 3. The van der Waals surface area contributed by atoms with Crippen LogP contribution in [0.25, 0.3) is 23.0 Å². The van der Waals surface area contributed by atoms with E-state index in [2.05, 4.69) is 0 Å². The molecular weight excluding hydrogens is 582 g/mol. The van der Waals surface area contributed by atoms with Gasteiger partial charge in [0.2, 0.25) is 0 Å². The van der Waals surface area contributed by atoms with E-state index in [1.165, 1.54) is 28.8 Å². The van der Waals surface area contributed by atoms with Crippen molar-refractivity contribution < 1.29 is 22.3 Å². The fraction of sp³-hybridized carbons (Fsp3) is 0.167. The molecule has 0 N–H and O–H groups in total. The van der Waals surface area contributed by atoms with Crippen molar-refractivity contribution in [2.45, 2.75) is 19.1 Å². The second-order valence-corrected chi connectivity index (χ2v) is 13.7. The Morgan fingerprint density at radius 2 is 1.85 bits per heavy atom. The number of thioether (sulfide) groups is 1. The van der Waals surface area contributed by atoms with Gasteiger partial charge in [-0.2, -0.15) is 5.10 Å². The van der Waals surface area contributed by atoms with Gasteiger partial charge in [0.05, 0.1) is 28.1 Å². The van der Waals surface area contributed by atoms with Gasteiger partial charge in [-0.3, -0.25) is 9.69 Å². The summed E-state index contributed by atoms with van der Waals surface area (Å²) in [6.07, 6.45) is 3.99. The molecule has 0 saturated carbocycles. The monoisotopic (exact) mass is 605 g/mol. The summed E-state index contributed by atoms with van der Waals surface area (Å²) >= 11 is 6.67. The Morgan fingerprint density at radius 3 is 2.59 bits per heavy atom. The summed E-state index contributed by atoms with van der Waals surface area (Å²) in [5.74, 6) is -0.00386. The minimum absolute atomic E-state index is 0.0569. The van der Waals surface area contributed by atoms with Gasteiger partial charge in [0.25, 0.3) is 5.91 Å². The molecule has 6 rings (SSSR count). The lowest BCUT2D eigenvalue weighted by molar-refractivity contribution is -0.123. The lowest BCUT2D eigenvalue weighted by Crippen LogP contribution is -2.39. The van der Waals surface area contributed by atoms with E-state index in [4.69, 9.17) is 22.1 Å². The van der Waals surface area contributed by atoms with Gasteiger partial charge in [0.1, 0.15) is 28.2 Å². The molecular formula is C30H24FN3O4S3. The summed E-state index contributed by atoms with van der Waals surface area (Å²) in [6.45, 7) is 0.272. The first-order valence-corrected chi connectivity index (χ1v) is 15.9. The average Bonchev–Trinajstić information content (AvgIpc) is 3.63. The number of carbonyl (C=O) groups excluding carboxylic acids is 1. The second kappa shape index (κ2) is 11.2. The number of amides is 1. The van der Waals surface area contributed by atoms with E-state index in [0.29, 0.717) is 32.7 Å². The molecule has 0 aliphatic carbocycles. The number of halogens is 1. The maximum absolute atomic E-state index is 13.4. The topological polar surface area (TPSA) is 81.5 Å². The van der Waals surface area contributed by atoms with Crippen molar-refractivity contribution in [3.8, 4) is 22.7 Å². The second-order valence-electron chi connectivity index (χ2n) is 9.76. The molecule has 11 heteroatoms. The predicted octanol–water partition coefficient (Wildman–Crippen LogP) is 5.65. The molecule has 1 unspecified atom stereocenters. The normalized spacial score (nSPS) is 19.3. The number of nitrogens with zero attached hydrogens (tertiary/aromatic N) is 3. The Labute approximate surface area is 246 Å². The predicted molar refractivity (Wildman–Crippen MR) is 162 cm³/mol. The molecule has 1 aromatic heterocycles. The quantitative estimate of drug-likeness (QED) is 0.199. The number of ether oxygens (including phenoxy) is 1. The first-order valence-electron chi connectivity index (χ1n) is 12.9. The van der Waals surface area contributed by atoms with Crippen molar-refractivity contribution in [3.05, 3.63) is 107 Å².